The van der Waals surface area contributed by atoms with Crippen LogP contribution in [0.4, 0.5) is 9.18 Å². The number of carbonyl (C=O) groups is 1. The van der Waals surface area contributed by atoms with Crippen LogP contribution in [-0.2, 0) is 12.8 Å². The maximum absolute atomic E-state index is 13.6. The number of allylic oxidation sites excluding steroid dienone is 1. The van der Waals surface area contributed by atoms with Crippen LogP contribution in [0.5, 0.6) is 0 Å². The van der Waals surface area contributed by atoms with Gasteiger partial charge in [-0.25, -0.2) is 9.18 Å². The summed E-state index contributed by atoms with van der Waals surface area (Å²) in [6, 6.07) is 9.97. The number of primary amides is 1. The number of hydrogen-bond acceptors (Lipinski definition) is 1. The lowest BCUT2D eigenvalue weighted by atomic mass is 9.87. The Bertz CT molecular complexity index is 1140. The van der Waals surface area contributed by atoms with Crippen molar-refractivity contribution in [3.05, 3.63) is 75.2 Å². The fraction of sp³-hybridized carbons (Fsp3) is 0.292. The van der Waals surface area contributed by atoms with E-state index in [1.165, 1.54) is 11.6 Å². The molecule has 3 aromatic rings. The Balaban J connectivity index is 1.53. The summed E-state index contributed by atoms with van der Waals surface area (Å²) in [5, 5.41) is 1.82. The molecule has 2 N–H and O–H groups in total. The van der Waals surface area contributed by atoms with Crippen LogP contribution in [0.1, 0.15) is 42.5 Å². The summed E-state index contributed by atoms with van der Waals surface area (Å²) in [7, 11) is 0. The average Bonchev–Trinajstić information content (AvgIpc) is 2.98. The quantitative estimate of drug-likeness (QED) is 0.464. The summed E-state index contributed by atoms with van der Waals surface area (Å²) in [6.07, 6.45) is 9.72. The number of rotatable bonds is 3. The third-order valence-electron chi connectivity index (χ3n) is 5.92. The van der Waals surface area contributed by atoms with E-state index in [0.29, 0.717) is 10.9 Å². The van der Waals surface area contributed by atoms with E-state index in [4.69, 9.17) is 28.9 Å². The van der Waals surface area contributed by atoms with Gasteiger partial charge in [0.15, 0.2) is 0 Å². The van der Waals surface area contributed by atoms with Gasteiger partial charge in [0.05, 0.1) is 10.5 Å². The Hall–Kier alpha value is -2.30. The molecule has 0 aliphatic heterocycles. The predicted octanol–water partition coefficient (Wildman–Crippen LogP) is 7.00. The fourth-order valence-corrected chi connectivity index (χ4v) is 4.76. The van der Waals surface area contributed by atoms with Crippen molar-refractivity contribution in [1.29, 1.82) is 0 Å². The lowest BCUT2D eigenvalue weighted by Crippen LogP contribution is -2.22. The molecule has 1 aliphatic rings. The van der Waals surface area contributed by atoms with Crippen molar-refractivity contribution in [1.82, 2.24) is 4.57 Å². The van der Waals surface area contributed by atoms with Crippen LogP contribution < -0.4 is 5.73 Å². The van der Waals surface area contributed by atoms with Gasteiger partial charge in [0, 0.05) is 16.1 Å². The standard InChI is InChI=1S/C24H23Cl2FN2O/c25-17-9-12-23-19(14-17)18-6-2-4-15(8-11-22(18)29(23)24(28)30)3-1-5-16-7-10-20(26)21(27)13-16/h1,5,7,9-10,12-15H,2-4,6,8,11H2,(H2,28,30)/b5-1+. The number of nitrogens with two attached hydrogens (primary N) is 1. The second kappa shape index (κ2) is 8.83. The number of aryl methyl sites for hydroxylation is 1. The van der Waals surface area contributed by atoms with Crippen molar-refractivity contribution in [2.24, 2.45) is 11.7 Å². The van der Waals surface area contributed by atoms with Crippen molar-refractivity contribution >= 4 is 46.2 Å². The molecule has 0 fully saturated rings. The Labute approximate surface area is 185 Å². The highest BCUT2D eigenvalue weighted by atomic mass is 35.5. The van der Waals surface area contributed by atoms with E-state index in [9.17, 15) is 9.18 Å². The fourth-order valence-electron chi connectivity index (χ4n) is 4.48. The van der Waals surface area contributed by atoms with Gasteiger partial charge < -0.3 is 5.73 Å². The van der Waals surface area contributed by atoms with E-state index < -0.39 is 11.8 Å². The molecule has 1 aromatic heterocycles. The zero-order chi connectivity index (χ0) is 21.3. The van der Waals surface area contributed by atoms with Crippen molar-refractivity contribution < 1.29 is 9.18 Å². The van der Waals surface area contributed by atoms with Gasteiger partial charge in [0.1, 0.15) is 5.82 Å². The molecule has 3 nitrogen and oxygen atoms in total. The van der Waals surface area contributed by atoms with Crippen LogP contribution in [0.15, 0.2) is 42.5 Å². The molecule has 0 saturated heterocycles. The number of nitrogens with zero attached hydrogens (tertiary/aromatic N) is 1. The molecule has 0 bridgehead atoms. The van der Waals surface area contributed by atoms with Gasteiger partial charge in [-0.2, -0.15) is 0 Å². The molecule has 1 amide bonds. The van der Waals surface area contributed by atoms with E-state index in [-0.39, 0.29) is 5.02 Å². The molecule has 1 atom stereocenters. The first-order valence-electron chi connectivity index (χ1n) is 10.2. The van der Waals surface area contributed by atoms with E-state index in [0.717, 1.165) is 60.7 Å². The zero-order valence-corrected chi connectivity index (χ0v) is 18.0. The molecule has 4 rings (SSSR count). The highest BCUT2D eigenvalue weighted by Crippen LogP contribution is 2.34. The number of fused-ring (bicyclic) bond motifs is 3. The molecule has 2 aromatic carbocycles. The summed E-state index contributed by atoms with van der Waals surface area (Å²) < 4.78 is 15.3. The first-order valence-corrected chi connectivity index (χ1v) is 10.9. The van der Waals surface area contributed by atoms with Crippen molar-refractivity contribution in [2.45, 2.75) is 38.5 Å². The Morgan fingerprint density at radius 1 is 1.17 bits per heavy atom. The summed E-state index contributed by atoms with van der Waals surface area (Å²) >= 11 is 12.0. The lowest BCUT2D eigenvalue weighted by Gasteiger charge is -2.20. The molecular formula is C24H23Cl2FN2O. The zero-order valence-electron chi connectivity index (χ0n) is 16.5. The van der Waals surface area contributed by atoms with Gasteiger partial charge in [-0.3, -0.25) is 4.57 Å². The monoisotopic (exact) mass is 444 g/mol. The molecule has 0 saturated carbocycles. The van der Waals surface area contributed by atoms with Crippen LogP contribution in [0.25, 0.3) is 17.0 Å². The maximum atomic E-state index is 13.6. The number of aromatic nitrogens is 1. The lowest BCUT2D eigenvalue weighted by molar-refractivity contribution is 0.250. The molecule has 30 heavy (non-hydrogen) atoms. The molecule has 0 spiro atoms. The first-order chi connectivity index (χ1) is 14.4. The first kappa shape index (κ1) is 21.0. The van der Waals surface area contributed by atoms with Crippen LogP contribution >= 0.6 is 23.2 Å². The minimum Gasteiger partial charge on any atom is -0.351 e. The summed E-state index contributed by atoms with van der Waals surface area (Å²) in [4.78, 5) is 12.2. The Morgan fingerprint density at radius 2 is 2.00 bits per heavy atom. The maximum Gasteiger partial charge on any atom is 0.323 e. The van der Waals surface area contributed by atoms with Gasteiger partial charge in [-0.1, -0.05) is 41.4 Å². The molecule has 1 heterocycles. The van der Waals surface area contributed by atoms with E-state index in [1.807, 2.05) is 24.3 Å². The second-order valence-electron chi connectivity index (χ2n) is 7.87. The van der Waals surface area contributed by atoms with E-state index >= 15 is 0 Å². The van der Waals surface area contributed by atoms with Crippen LogP contribution in [-0.4, -0.2) is 10.6 Å². The van der Waals surface area contributed by atoms with Gasteiger partial charge >= 0.3 is 6.03 Å². The Kier molecular flexibility index (Phi) is 6.16. The number of halogens is 3. The highest BCUT2D eigenvalue weighted by molar-refractivity contribution is 6.31. The molecule has 1 unspecified atom stereocenters. The normalized spacial score (nSPS) is 17.1. The minimum atomic E-state index is -0.453. The Morgan fingerprint density at radius 3 is 2.77 bits per heavy atom. The smallest absolute Gasteiger partial charge is 0.323 e. The SMILES string of the molecule is NC(=O)n1c2c(c3cc(Cl)ccc31)CCCC(C/C=C/c1ccc(Cl)c(F)c1)CC2. The third-order valence-corrected chi connectivity index (χ3v) is 6.46. The third kappa shape index (κ3) is 4.26. The number of benzene rings is 2. The van der Waals surface area contributed by atoms with Crippen molar-refractivity contribution in [3.8, 4) is 0 Å². The van der Waals surface area contributed by atoms with Gasteiger partial charge in [-0.05, 0) is 85.9 Å². The average molecular weight is 445 g/mol. The topological polar surface area (TPSA) is 48.0 Å². The van der Waals surface area contributed by atoms with Gasteiger partial charge in [0.25, 0.3) is 0 Å². The van der Waals surface area contributed by atoms with E-state index in [2.05, 4.69) is 6.08 Å². The summed E-state index contributed by atoms with van der Waals surface area (Å²) in [6.45, 7) is 0. The van der Waals surface area contributed by atoms with Gasteiger partial charge in [0.2, 0.25) is 0 Å². The van der Waals surface area contributed by atoms with Crippen LogP contribution in [0.3, 0.4) is 0 Å². The second-order valence-corrected chi connectivity index (χ2v) is 8.71. The van der Waals surface area contributed by atoms with Crippen LogP contribution in [0.2, 0.25) is 10.0 Å². The number of hydrogen-bond donors (Lipinski definition) is 1. The predicted molar refractivity (Wildman–Crippen MR) is 122 cm³/mol. The van der Waals surface area contributed by atoms with Crippen LogP contribution in [0, 0.1) is 11.7 Å². The largest absolute Gasteiger partial charge is 0.351 e. The number of amides is 1. The minimum absolute atomic E-state index is 0.133. The van der Waals surface area contributed by atoms with Gasteiger partial charge in [-0.15, -0.1) is 0 Å². The number of carbonyl (C=O) groups excluding carboxylic acids is 1. The van der Waals surface area contributed by atoms with Crippen molar-refractivity contribution in [3.63, 3.8) is 0 Å². The molecule has 6 heteroatoms. The summed E-state index contributed by atoms with van der Waals surface area (Å²) in [5.74, 6) is 0.0890. The molecule has 0 radical (unpaired) electrons. The molecule has 156 valence electrons. The summed E-state index contributed by atoms with van der Waals surface area (Å²) in [5.41, 5.74) is 9.55. The van der Waals surface area contributed by atoms with E-state index in [1.54, 1.807) is 16.7 Å². The highest BCUT2D eigenvalue weighted by Gasteiger charge is 2.23. The molecule has 1 aliphatic carbocycles. The molecular weight excluding hydrogens is 422 g/mol. The van der Waals surface area contributed by atoms with Crippen molar-refractivity contribution in [2.75, 3.05) is 0 Å².